The SMILES string of the molecule is [CH2]CNC(=O)Oc1ccc(CC)cc1. The van der Waals surface area contributed by atoms with Gasteiger partial charge in [-0.05, 0) is 31.0 Å². The molecule has 1 aromatic carbocycles. The normalized spacial score (nSPS) is 9.57. The van der Waals surface area contributed by atoms with Crippen LogP contribution in [0, 0.1) is 6.92 Å². The molecule has 1 aromatic rings. The maximum Gasteiger partial charge on any atom is 0.412 e. The van der Waals surface area contributed by atoms with Crippen LogP contribution < -0.4 is 10.1 Å². The molecular formula is C11H14NO2. The van der Waals surface area contributed by atoms with Gasteiger partial charge in [0.1, 0.15) is 5.75 Å². The second kappa shape index (κ2) is 5.27. The van der Waals surface area contributed by atoms with Crippen molar-refractivity contribution in [2.75, 3.05) is 6.54 Å². The van der Waals surface area contributed by atoms with Crippen molar-refractivity contribution >= 4 is 6.09 Å². The molecule has 3 heteroatoms. The van der Waals surface area contributed by atoms with Gasteiger partial charge in [0.2, 0.25) is 0 Å². The summed E-state index contributed by atoms with van der Waals surface area (Å²) in [5, 5.41) is 2.45. The van der Waals surface area contributed by atoms with Crippen molar-refractivity contribution in [3.63, 3.8) is 0 Å². The van der Waals surface area contributed by atoms with Crippen molar-refractivity contribution in [3.8, 4) is 5.75 Å². The number of carbonyl (C=O) groups is 1. The number of rotatable bonds is 3. The van der Waals surface area contributed by atoms with Crippen LogP contribution in [0.2, 0.25) is 0 Å². The largest absolute Gasteiger partial charge is 0.412 e. The maximum atomic E-state index is 11.0. The number of benzene rings is 1. The average molecular weight is 192 g/mol. The first-order valence-corrected chi connectivity index (χ1v) is 4.60. The minimum Gasteiger partial charge on any atom is -0.410 e. The van der Waals surface area contributed by atoms with Gasteiger partial charge in [-0.2, -0.15) is 0 Å². The molecule has 0 spiro atoms. The molecule has 0 aromatic heterocycles. The molecule has 1 amide bonds. The number of aryl methyl sites for hydroxylation is 1. The highest BCUT2D eigenvalue weighted by atomic mass is 16.5. The van der Waals surface area contributed by atoms with Crippen LogP contribution in [0.4, 0.5) is 4.79 Å². The van der Waals surface area contributed by atoms with E-state index in [0.717, 1.165) is 6.42 Å². The lowest BCUT2D eigenvalue weighted by molar-refractivity contribution is 0.201. The Labute approximate surface area is 84.1 Å². The fourth-order valence-corrected chi connectivity index (χ4v) is 1.04. The van der Waals surface area contributed by atoms with Gasteiger partial charge < -0.3 is 10.1 Å². The molecule has 0 aliphatic carbocycles. The molecule has 75 valence electrons. The lowest BCUT2D eigenvalue weighted by Crippen LogP contribution is -2.26. The summed E-state index contributed by atoms with van der Waals surface area (Å²) in [5.74, 6) is 0.549. The molecule has 0 unspecified atom stereocenters. The van der Waals surface area contributed by atoms with Gasteiger partial charge in [0, 0.05) is 6.54 Å². The first-order valence-electron chi connectivity index (χ1n) is 4.60. The first kappa shape index (κ1) is 10.6. The Morgan fingerprint density at radius 3 is 2.57 bits per heavy atom. The molecule has 3 nitrogen and oxygen atoms in total. The summed E-state index contributed by atoms with van der Waals surface area (Å²) in [6, 6.07) is 7.43. The molecule has 14 heavy (non-hydrogen) atoms. The number of ether oxygens (including phenoxy) is 1. The molecule has 0 aliphatic heterocycles. The third kappa shape index (κ3) is 3.09. The zero-order chi connectivity index (χ0) is 10.4. The van der Waals surface area contributed by atoms with Gasteiger partial charge in [0.15, 0.2) is 0 Å². The van der Waals surface area contributed by atoms with Crippen molar-refractivity contribution in [3.05, 3.63) is 36.8 Å². The monoisotopic (exact) mass is 192 g/mol. The fraction of sp³-hybridized carbons (Fsp3) is 0.273. The number of hydrogen-bond donors (Lipinski definition) is 1. The van der Waals surface area contributed by atoms with Crippen molar-refractivity contribution in [2.45, 2.75) is 13.3 Å². The lowest BCUT2D eigenvalue weighted by atomic mass is 10.2. The fourth-order valence-electron chi connectivity index (χ4n) is 1.04. The van der Waals surface area contributed by atoms with Crippen LogP contribution >= 0.6 is 0 Å². The van der Waals surface area contributed by atoms with E-state index in [1.54, 1.807) is 12.1 Å². The second-order valence-electron chi connectivity index (χ2n) is 2.81. The third-order valence-electron chi connectivity index (χ3n) is 1.81. The quantitative estimate of drug-likeness (QED) is 0.797. The van der Waals surface area contributed by atoms with E-state index in [-0.39, 0.29) is 0 Å². The van der Waals surface area contributed by atoms with E-state index in [1.807, 2.05) is 12.1 Å². The van der Waals surface area contributed by atoms with Crippen molar-refractivity contribution in [2.24, 2.45) is 0 Å². The van der Waals surface area contributed by atoms with Crippen LogP contribution in [0.15, 0.2) is 24.3 Å². The second-order valence-corrected chi connectivity index (χ2v) is 2.81. The summed E-state index contributed by atoms with van der Waals surface area (Å²) in [6.45, 7) is 5.88. The summed E-state index contributed by atoms with van der Waals surface area (Å²) in [7, 11) is 0. The third-order valence-corrected chi connectivity index (χ3v) is 1.81. The van der Waals surface area contributed by atoms with E-state index < -0.39 is 6.09 Å². The molecular weight excluding hydrogens is 178 g/mol. The topological polar surface area (TPSA) is 38.3 Å². The lowest BCUT2D eigenvalue weighted by Gasteiger charge is -2.04. The zero-order valence-electron chi connectivity index (χ0n) is 8.25. The van der Waals surface area contributed by atoms with Crippen LogP contribution in [0.1, 0.15) is 12.5 Å². The molecule has 0 aliphatic rings. The predicted octanol–water partition coefficient (Wildman–Crippen LogP) is 2.17. The van der Waals surface area contributed by atoms with Gasteiger partial charge in [-0.15, -0.1) is 0 Å². The van der Waals surface area contributed by atoms with Gasteiger partial charge in [0.25, 0.3) is 0 Å². The number of hydrogen-bond acceptors (Lipinski definition) is 2. The van der Waals surface area contributed by atoms with Crippen molar-refractivity contribution in [1.82, 2.24) is 5.32 Å². The Morgan fingerprint density at radius 2 is 2.07 bits per heavy atom. The molecule has 0 bridgehead atoms. The highest BCUT2D eigenvalue weighted by Gasteiger charge is 2.01. The Hall–Kier alpha value is -1.51. The predicted molar refractivity (Wildman–Crippen MR) is 55.2 cm³/mol. The van der Waals surface area contributed by atoms with Crippen LogP contribution in [0.25, 0.3) is 0 Å². The van der Waals surface area contributed by atoms with Gasteiger partial charge >= 0.3 is 6.09 Å². The van der Waals surface area contributed by atoms with Crippen LogP contribution in [0.3, 0.4) is 0 Å². The molecule has 0 atom stereocenters. The maximum absolute atomic E-state index is 11.0. The van der Waals surface area contributed by atoms with E-state index >= 15 is 0 Å². The van der Waals surface area contributed by atoms with E-state index in [0.29, 0.717) is 12.3 Å². The zero-order valence-corrected chi connectivity index (χ0v) is 8.25. The summed E-state index contributed by atoms with van der Waals surface area (Å²) < 4.78 is 4.96. The minimum atomic E-state index is -0.468. The molecule has 1 rings (SSSR count). The summed E-state index contributed by atoms with van der Waals surface area (Å²) >= 11 is 0. The first-order chi connectivity index (χ1) is 6.76. The van der Waals surface area contributed by atoms with Crippen LogP contribution in [-0.4, -0.2) is 12.6 Å². The number of nitrogens with one attached hydrogen (secondary N) is 1. The Morgan fingerprint density at radius 1 is 1.43 bits per heavy atom. The van der Waals surface area contributed by atoms with Crippen molar-refractivity contribution in [1.29, 1.82) is 0 Å². The molecule has 0 saturated carbocycles. The van der Waals surface area contributed by atoms with E-state index in [4.69, 9.17) is 4.74 Å². The standard InChI is InChI=1S/C11H14NO2/c1-3-9-5-7-10(8-6-9)14-11(13)12-4-2/h5-8H,2-4H2,1H3,(H,12,13). The van der Waals surface area contributed by atoms with E-state index in [9.17, 15) is 4.79 Å². The van der Waals surface area contributed by atoms with Gasteiger partial charge in [-0.3, -0.25) is 0 Å². The molecule has 1 radical (unpaired) electrons. The summed E-state index contributed by atoms with van der Waals surface area (Å²) in [4.78, 5) is 11.0. The minimum absolute atomic E-state index is 0.325. The average Bonchev–Trinajstić information content (AvgIpc) is 2.19. The molecule has 0 saturated heterocycles. The van der Waals surface area contributed by atoms with Crippen molar-refractivity contribution < 1.29 is 9.53 Å². The highest BCUT2D eigenvalue weighted by Crippen LogP contribution is 2.12. The van der Waals surface area contributed by atoms with E-state index in [2.05, 4.69) is 19.2 Å². The molecule has 1 N–H and O–H groups in total. The van der Waals surface area contributed by atoms with Crippen LogP contribution in [0.5, 0.6) is 5.75 Å². The smallest absolute Gasteiger partial charge is 0.410 e. The number of carbonyl (C=O) groups excluding carboxylic acids is 1. The molecule has 0 heterocycles. The summed E-state index contributed by atoms with van der Waals surface area (Å²) in [6.07, 6.45) is 0.509. The Kier molecular flexibility index (Phi) is 3.98. The van der Waals surface area contributed by atoms with Gasteiger partial charge in [-0.25, -0.2) is 4.79 Å². The summed E-state index contributed by atoms with van der Waals surface area (Å²) in [5.41, 5.74) is 1.22. The highest BCUT2D eigenvalue weighted by molar-refractivity contribution is 5.70. The number of amides is 1. The van der Waals surface area contributed by atoms with Crippen LogP contribution in [-0.2, 0) is 6.42 Å². The van der Waals surface area contributed by atoms with Gasteiger partial charge in [-0.1, -0.05) is 19.1 Å². The van der Waals surface area contributed by atoms with E-state index in [1.165, 1.54) is 5.56 Å². The Balaban J connectivity index is 2.55. The Bertz CT molecular complexity index is 293. The molecule has 0 fully saturated rings. The van der Waals surface area contributed by atoms with Gasteiger partial charge in [0.05, 0.1) is 0 Å².